The molecule has 0 radical (unpaired) electrons. The molecular formula is C14H10BrClN2O2. The number of hydrogen-bond acceptors (Lipinski definition) is 2. The minimum absolute atomic E-state index is 0.297. The molecule has 0 fully saturated rings. The van der Waals surface area contributed by atoms with Crippen LogP contribution in [0.1, 0.15) is 20.7 Å². The van der Waals surface area contributed by atoms with Crippen LogP contribution in [0.5, 0.6) is 0 Å². The van der Waals surface area contributed by atoms with Gasteiger partial charge in [0.25, 0.3) is 11.8 Å². The zero-order chi connectivity index (χ0) is 14.5. The smallest absolute Gasteiger partial charge is 0.267 e. The molecule has 0 heterocycles. The van der Waals surface area contributed by atoms with E-state index in [0.717, 1.165) is 4.47 Å². The highest BCUT2D eigenvalue weighted by Crippen LogP contribution is 2.14. The van der Waals surface area contributed by atoms with Crippen LogP contribution in [0.2, 0.25) is 5.02 Å². The SMILES string of the molecule is O=C(NNC(=O)c1ccccc1Cl)c1ccc(Br)cc1. The molecule has 0 aliphatic heterocycles. The lowest BCUT2D eigenvalue weighted by Crippen LogP contribution is -2.41. The van der Waals surface area contributed by atoms with Gasteiger partial charge in [0.15, 0.2) is 0 Å². The molecule has 0 bridgehead atoms. The van der Waals surface area contributed by atoms with Gasteiger partial charge in [0.2, 0.25) is 0 Å². The van der Waals surface area contributed by atoms with E-state index in [-0.39, 0.29) is 0 Å². The quantitative estimate of drug-likeness (QED) is 0.815. The number of rotatable bonds is 2. The largest absolute Gasteiger partial charge is 0.271 e. The number of hydrazine groups is 1. The highest BCUT2D eigenvalue weighted by Gasteiger charge is 2.11. The van der Waals surface area contributed by atoms with Crippen molar-refractivity contribution in [1.82, 2.24) is 10.9 Å². The average molecular weight is 354 g/mol. The molecule has 2 aromatic carbocycles. The lowest BCUT2D eigenvalue weighted by molar-refractivity contribution is 0.0846. The third-order valence-corrected chi connectivity index (χ3v) is 3.37. The second kappa shape index (κ2) is 6.54. The van der Waals surface area contributed by atoms with E-state index >= 15 is 0 Å². The van der Waals surface area contributed by atoms with Crippen molar-refractivity contribution in [1.29, 1.82) is 0 Å². The molecule has 6 heteroatoms. The highest BCUT2D eigenvalue weighted by atomic mass is 79.9. The second-order valence-corrected chi connectivity index (χ2v) is 5.22. The zero-order valence-corrected chi connectivity index (χ0v) is 12.5. The van der Waals surface area contributed by atoms with Crippen molar-refractivity contribution in [3.63, 3.8) is 0 Å². The van der Waals surface area contributed by atoms with Crippen LogP contribution in [-0.2, 0) is 0 Å². The molecule has 4 nitrogen and oxygen atoms in total. The van der Waals surface area contributed by atoms with Crippen molar-refractivity contribution in [3.05, 3.63) is 69.2 Å². The summed E-state index contributed by atoms with van der Waals surface area (Å²) < 4.78 is 0.870. The molecule has 0 spiro atoms. The number of halogens is 2. The van der Waals surface area contributed by atoms with Crippen molar-refractivity contribution >= 4 is 39.3 Å². The van der Waals surface area contributed by atoms with E-state index in [1.165, 1.54) is 0 Å². The highest BCUT2D eigenvalue weighted by molar-refractivity contribution is 9.10. The first kappa shape index (κ1) is 14.6. The van der Waals surface area contributed by atoms with Gasteiger partial charge in [-0.05, 0) is 36.4 Å². The van der Waals surface area contributed by atoms with Gasteiger partial charge in [0.05, 0.1) is 10.6 Å². The minimum Gasteiger partial charge on any atom is -0.267 e. The summed E-state index contributed by atoms with van der Waals surface area (Å²) in [7, 11) is 0. The first-order chi connectivity index (χ1) is 9.58. The van der Waals surface area contributed by atoms with Crippen LogP contribution in [0, 0.1) is 0 Å². The predicted molar refractivity (Wildman–Crippen MR) is 80.5 cm³/mol. The number of amides is 2. The summed E-state index contributed by atoms with van der Waals surface area (Å²) in [6.07, 6.45) is 0. The third-order valence-electron chi connectivity index (χ3n) is 2.51. The summed E-state index contributed by atoms with van der Waals surface area (Å²) in [5, 5.41) is 0.322. The molecular weight excluding hydrogens is 344 g/mol. The number of carbonyl (C=O) groups excluding carboxylic acids is 2. The maximum atomic E-state index is 11.8. The van der Waals surface area contributed by atoms with Gasteiger partial charge in [-0.25, -0.2) is 0 Å². The molecule has 0 aliphatic carbocycles. The van der Waals surface area contributed by atoms with E-state index < -0.39 is 11.8 Å². The predicted octanol–water partition coefficient (Wildman–Crippen LogP) is 3.18. The Balaban J connectivity index is 1.99. The lowest BCUT2D eigenvalue weighted by Gasteiger charge is -2.08. The molecule has 20 heavy (non-hydrogen) atoms. The Morgan fingerprint density at radius 2 is 1.50 bits per heavy atom. The molecule has 0 atom stereocenters. The van der Waals surface area contributed by atoms with E-state index in [0.29, 0.717) is 16.1 Å². The Hall–Kier alpha value is -1.85. The second-order valence-electron chi connectivity index (χ2n) is 3.89. The standard InChI is InChI=1S/C14H10BrClN2O2/c15-10-7-5-9(6-8-10)13(19)17-18-14(20)11-3-1-2-4-12(11)16/h1-8H,(H,17,19)(H,18,20). The van der Waals surface area contributed by atoms with E-state index in [1.54, 1.807) is 48.5 Å². The van der Waals surface area contributed by atoms with Crippen LogP contribution in [0.3, 0.4) is 0 Å². The van der Waals surface area contributed by atoms with E-state index in [2.05, 4.69) is 26.8 Å². The van der Waals surface area contributed by atoms with E-state index in [4.69, 9.17) is 11.6 Å². The molecule has 0 aromatic heterocycles. The molecule has 0 saturated carbocycles. The summed E-state index contributed by atoms with van der Waals surface area (Å²) in [6, 6.07) is 13.4. The van der Waals surface area contributed by atoms with Crippen molar-refractivity contribution in [3.8, 4) is 0 Å². The van der Waals surface area contributed by atoms with Crippen LogP contribution in [0.25, 0.3) is 0 Å². The molecule has 2 aromatic rings. The Kier molecular flexibility index (Phi) is 4.76. The maximum absolute atomic E-state index is 11.8. The monoisotopic (exact) mass is 352 g/mol. The molecule has 2 amide bonds. The van der Waals surface area contributed by atoms with Gasteiger partial charge in [0, 0.05) is 10.0 Å². The summed E-state index contributed by atoms with van der Waals surface area (Å²) in [6.45, 7) is 0. The average Bonchev–Trinajstić information content (AvgIpc) is 2.45. The van der Waals surface area contributed by atoms with Gasteiger partial charge in [-0.1, -0.05) is 39.7 Å². The fourth-order valence-electron chi connectivity index (χ4n) is 1.50. The summed E-state index contributed by atoms with van der Waals surface area (Å²) in [4.78, 5) is 23.6. The molecule has 0 unspecified atom stereocenters. The fraction of sp³-hybridized carbons (Fsp3) is 0. The maximum Gasteiger partial charge on any atom is 0.271 e. The first-order valence-electron chi connectivity index (χ1n) is 5.68. The van der Waals surface area contributed by atoms with Crippen molar-refractivity contribution in [2.75, 3.05) is 0 Å². The van der Waals surface area contributed by atoms with Gasteiger partial charge >= 0.3 is 0 Å². The Bertz CT molecular complexity index is 644. The van der Waals surface area contributed by atoms with Crippen LogP contribution in [0.4, 0.5) is 0 Å². The van der Waals surface area contributed by atoms with Crippen molar-refractivity contribution < 1.29 is 9.59 Å². The van der Waals surface area contributed by atoms with Crippen LogP contribution >= 0.6 is 27.5 Å². The Morgan fingerprint density at radius 1 is 0.900 bits per heavy atom. The van der Waals surface area contributed by atoms with E-state index in [1.807, 2.05) is 0 Å². The van der Waals surface area contributed by atoms with Gasteiger partial charge in [-0.2, -0.15) is 0 Å². The first-order valence-corrected chi connectivity index (χ1v) is 6.86. The molecule has 102 valence electrons. The van der Waals surface area contributed by atoms with Gasteiger partial charge in [-0.3, -0.25) is 20.4 Å². The summed E-state index contributed by atoms with van der Waals surface area (Å²) >= 11 is 9.17. The van der Waals surface area contributed by atoms with Gasteiger partial charge in [-0.15, -0.1) is 0 Å². The third kappa shape index (κ3) is 3.59. The van der Waals surface area contributed by atoms with Gasteiger partial charge < -0.3 is 0 Å². The zero-order valence-electron chi connectivity index (χ0n) is 10.2. The van der Waals surface area contributed by atoms with Crippen LogP contribution in [-0.4, -0.2) is 11.8 Å². The van der Waals surface area contributed by atoms with Crippen LogP contribution < -0.4 is 10.9 Å². The lowest BCUT2D eigenvalue weighted by atomic mass is 10.2. The normalized spacial score (nSPS) is 9.90. The summed E-state index contributed by atoms with van der Waals surface area (Å²) in [5.74, 6) is -0.876. The Labute approximate surface area is 129 Å². The number of hydrogen-bond donors (Lipinski definition) is 2. The summed E-state index contributed by atoms with van der Waals surface area (Å²) in [5.41, 5.74) is 5.38. The minimum atomic E-state index is -0.471. The molecule has 0 saturated heterocycles. The van der Waals surface area contributed by atoms with Crippen molar-refractivity contribution in [2.24, 2.45) is 0 Å². The fourth-order valence-corrected chi connectivity index (χ4v) is 1.99. The number of benzene rings is 2. The number of nitrogens with one attached hydrogen (secondary N) is 2. The van der Waals surface area contributed by atoms with Crippen LogP contribution in [0.15, 0.2) is 53.0 Å². The Morgan fingerprint density at radius 3 is 2.15 bits per heavy atom. The van der Waals surface area contributed by atoms with E-state index in [9.17, 15) is 9.59 Å². The molecule has 2 rings (SSSR count). The molecule has 2 N–H and O–H groups in total. The number of carbonyl (C=O) groups is 2. The van der Waals surface area contributed by atoms with Gasteiger partial charge in [0.1, 0.15) is 0 Å². The topological polar surface area (TPSA) is 58.2 Å². The molecule has 0 aliphatic rings. The van der Waals surface area contributed by atoms with Crippen molar-refractivity contribution in [2.45, 2.75) is 0 Å².